The summed E-state index contributed by atoms with van der Waals surface area (Å²) in [5, 5.41) is 22.2. The molecule has 36 heavy (non-hydrogen) atoms. The summed E-state index contributed by atoms with van der Waals surface area (Å²) in [6.07, 6.45) is 1.32. The number of carbonyl (C=O) groups excluding carboxylic acids is 2. The Bertz CT molecular complexity index is 1210. The molecular formula is C31H38O4S. The lowest BCUT2D eigenvalue weighted by molar-refractivity contribution is -0.119. The smallest absolute Gasteiger partial charge is 0.163 e. The zero-order valence-corrected chi connectivity index (χ0v) is 23.3. The highest BCUT2D eigenvalue weighted by atomic mass is 32.1. The molecule has 5 heteroatoms. The molecule has 0 amide bonds. The normalized spacial score (nSPS) is 20.4. The molecule has 0 atom stereocenters. The van der Waals surface area contributed by atoms with Gasteiger partial charge >= 0.3 is 0 Å². The van der Waals surface area contributed by atoms with Gasteiger partial charge in [-0.15, -0.1) is 11.3 Å². The summed E-state index contributed by atoms with van der Waals surface area (Å²) < 4.78 is 0. The lowest BCUT2D eigenvalue weighted by Crippen LogP contribution is -2.33. The van der Waals surface area contributed by atoms with Gasteiger partial charge in [0.1, 0.15) is 11.5 Å². The van der Waals surface area contributed by atoms with E-state index < -0.39 is 5.92 Å². The highest BCUT2D eigenvalue weighted by molar-refractivity contribution is 7.15. The van der Waals surface area contributed by atoms with Gasteiger partial charge in [-0.25, -0.2) is 0 Å². The molecule has 0 unspecified atom stereocenters. The number of hydrogen-bond acceptors (Lipinski definition) is 5. The second-order valence-corrected chi connectivity index (χ2v) is 14.2. The topological polar surface area (TPSA) is 74.6 Å². The fourth-order valence-corrected chi connectivity index (χ4v) is 6.62. The molecule has 0 fully saturated rings. The van der Waals surface area contributed by atoms with E-state index in [0.29, 0.717) is 25.7 Å². The van der Waals surface area contributed by atoms with Gasteiger partial charge in [0.05, 0.1) is 5.92 Å². The van der Waals surface area contributed by atoms with E-state index in [1.165, 1.54) is 16.9 Å². The van der Waals surface area contributed by atoms with Crippen LogP contribution < -0.4 is 0 Å². The van der Waals surface area contributed by atoms with Gasteiger partial charge in [0, 0.05) is 46.6 Å². The number of ketones is 2. The summed E-state index contributed by atoms with van der Waals surface area (Å²) in [5.41, 5.74) is 2.20. The number of aliphatic hydroxyl groups is 2. The van der Waals surface area contributed by atoms with Crippen LogP contribution in [0.5, 0.6) is 0 Å². The molecule has 0 spiro atoms. The van der Waals surface area contributed by atoms with Gasteiger partial charge in [-0.2, -0.15) is 0 Å². The average molecular weight is 507 g/mol. The van der Waals surface area contributed by atoms with Crippen molar-refractivity contribution in [2.45, 2.75) is 85.5 Å². The lowest BCUT2D eigenvalue weighted by Gasteiger charge is -2.36. The first-order chi connectivity index (χ1) is 16.6. The monoisotopic (exact) mass is 506 g/mol. The number of carbonyl (C=O) groups is 2. The SMILES string of the molecule is CC1(C)CC(=O)C(C(C2=C(O)CC(C)(C)CC2=O)c2ccc(-c3ccc(C(C)(C)C)cc3)s2)=C(O)C1. The molecule has 0 saturated carbocycles. The van der Waals surface area contributed by atoms with Gasteiger partial charge in [-0.3, -0.25) is 9.59 Å². The fourth-order valence-electron chi connectivity index (χ4n) is 5.49. The van der Waals surface area contributed by atoms with Gasteiger partial charge in [0.2, 0.25) is 0 Å². The Labute approximate surface area is 218 Å². The van der Waals surface area contributed by atoms with Crippen molar-refractivity contribution >= 4 is 22.9 Å². The summed E-state index contributed by atoms with van der Waals surface area (Å²) in [5.74, 6) is -1.01. The summed E-state index contributed by atoms with van der Waals surface area (Å²) >= 11 is 1.51. The molecule has 192 valence electrons. The van der Waals surface area contributed by atoms with Crippen molar-refractivity contribution in [3.63, 3.8) is 0 Å². The van der Waals surface area contributed by atoms with Crippen LogP contribution in [0.4, 0.5) is 0 Å². The molecule has 0 aliphatic heterocycles. The van der Waals surface area contributed by atoms with Crippen molar-refractivity contribution in [3.05, 3.63) is 69.5 Å². The van der Waals surface area contributed by atoms with Gasteiger partial charge in [-0.1, -0.05) is 72.7 Å². The molecule has 1 aromatic heterocycles. The van der Waals surface area contributed by atoms with Crippen molar-refractivity contribution in [2.75, 3.05) is 0 Å². The number of benzene rings is 1. The van der Waals surface area contributed by atoms with Crippen LogP contribution in [0.25, 0.3) is 10.4 Å². The molecule has 2 aromatic rings. The molecule has 2 aliphatic carbocycles. The number of allylic oxidation sites excluding steroid dienone is 4. The number of Topliss-reactive ketones (excluding diaryl/α,β-unsaturated/α-hetero) is 2. The molecular weight excluding hydrogens is 468 g/mol. The van der Waals surface area contributed by atoms with Crippen LogP contribution in [-0.2, 0) is 15.0 Å². The first-order valence-electron chi connectivity index (χ1n) is 12.7. The van der Waals surface area contributed by atoms with Gasteiger partial charge < -0.3 is 10.2 Å². The van der Waals surface area contributed by atoms with Crippen molar-refractivity contribution < 1.29 is 19.8 Å². The highest BCUT2D eigenvalue weighted by Crippen LogP contribution is 2.49. The summed E-state index contributed by atoms with van der Waals surface area (Å²) in [6.45, 7) is 14.4. The molecule has 0 bridgehead atoms. The van der Waals surface area contributed by atoms with Crippen LogP contribution >= 0.6 is 11.3 Å². The Morgan fingerprint density at radius 2 is 1.22 bits per heavy atom. The quantitative estimate of drug-likeness (QED) is 0.438. The minimum atomic E-state index is -0.759. The zero-order chi connectivity index (χ0) is 26.6. The van der Waals surface area contributed by atoms with E-state index in [0.717, 1.165) is 15.3 Å². The minimum absolute atomic E-state index is 0.0312. The maximum Gasteiger partial charge on any atom is 0.163 e. The Balaban J connectivity index is 1.83. The van der Waals surface area contributed by atoms with Crippen molar-refractivity contribution in [1.29, 1.82) is 0 Å². The molecule has 4 rings (SSSR count). The van der Waals surface area contributed by atoms with Crippen molar-refractivity contribution in [1.82, 2.24) is 0 Å². The average Bonchev–Trinajstić information content (AvgIpc) is 3.19. The zero-order valence-electron chi connectivity index (χ0n) is 22.5. The Kier molecular flexibility index (Phi) is 6.62. The summed E-state index contributed by atoms with van der Waals surface area (Å²) in [7, 11) is 0. The van der Waals surface area contributed by atoms with Crippen LogP contribution in [0.15, 0.2) is 59.1 Å². The van der Waals surface area contributed by atoms with E-state index in [2.05, 4.69) is 45.0 Å². The summed E-state index contributed by atoms with van der Waals surface area (Å²) in [4.78, 5) is 28.6. The molecule has 2 aliphatic rings. The second kappa shape index (κ2) is 9.02. The van der Waals surface area contributed by atoms with E-state index in [-0.39, 0.29) is 50.5 Å². The van der Waals surface area contributed by atoms with E-state index in [9.17, 15) is 19.8 Å². The third-order valence-corrected chi connectivity index (χ3v) is 8.52. The van der Waals surface area contributed by atoms with Crippen LogP contribution in [0.2, 0.25) is 0 Å². The predicted molar refractivity (Wildman–Crippen MR) is 147 cm³/mol. The molecule has 0 saturated heterocycles. The number of hydrogen-bond donors (Lipinski definition) is 2. The third-order valence-electron chi connectivity index (χ3n) is 7.32. The van der Waals surface area contributed by atoms with E-state index >= 15 is 0 Å². The van der Waals surface area contributed by atoms with Gasteiger partial charge in [-0.05, 0) is 39.5 Å². The molecule has 0 radical (unpaired) electrons. The molecule has 1 aromatic carbocycles. The Morgan fingerprint density at radius 3 is 1.64 bits per heavy atom. The third kappa shape index (κ3) is 5.22. The fraction of sp³-hybridized carbons (Fsp3) is 0.484. The van der Waals surface area contributed by atoms with Crippen LogP contribution in [0, 0.1) is 10.8 Å². The Morgan fingerprint density at radius 1 is 0.750 bits per heavy atom. The second-order valence-electron chi connectivity index (χ2n) is 13.1. The van der Waals surface area contributed by atoms with Gasteiger partial charge in [0.15, 0.2) is 11.6 Å². The van der Waals surface area contributed by atoms with Crippen molar-refractivity contribution in [3.8, 4) is 10.4 Å². The number of thiophene rings is 1. The largest absolute Gasteiger partial charge is 0.512 e. The van der Waals surface area contributed by atoms with E-state index in [1.54, 1.807) is 0 Å². The molecule has 2 N–H and O–H groups in total. The maximum atomic E-state index is 13.4. The van der Waals surface area contributed by atoms with E-state index in [1.807, 2.05) is 39.8 Å². The molecule has 4 nitrogen and oxygen atoms in total. The minimum Gasteiger partial charge on any atom is -0.512 e. The predicted octanol–water partition coefficient (Wildman–Crippen LogP) is 8.20. The first kappa shape index (κ1) is 26.4. The summed E-state index contributed by atoms with van der Waals surface area (Å²) in [6, 6.07) is 12.4. The standard InChI is InChI=1S/C31H38O4S/c1-29(2,3)19-10-8-18(9-11-19)24-12-13-25(36-24)28(26-20(32)14-30(4,5)15-21(26)33)27-22(34)16-31(6,7)17-23(27)35/h8-13,28,32,34H,14-17H2,1-7H3. The Hall–Kier alpha value is -2.66. The lowest BCUT2D eigenvalue weighted by atomic mass is 9.68. The first-order valence-corrected chi connectivity index (χ1v) is 13.5. The van der Waals surface area contributed by atoms with E-state index in [4.69, 9.17) is 0 Å². The number of rotatable bonds is 4. The van der Waals surface area contributed by atoms with Crippen LogP contribution in [0.1, 0.15) is 90.5 Å². The van der Waals surface area contributed by atoms with Crippen LogP contribution in [-0.4, -0.2) is 21.8 Å². The van der Waals surface area contributed by atoms with Gasteiger partial charge in [0.25, 0.3) is 0 Å². The highest BCUT2D eigenvalue weighted by Gasteiger charge is 2.44. The molecule has 1 heterocycles. The van der Waals surface area contributed by atoms with Crippen LogP contribution in [0.3, 0.4) is 0 Å². The maximum absolute atomic E-state index is 13.4. The number of aliphatic hydroxyl groups excluding tert-OH is 2. The van der Waals surface area contributed by atoms with Crippen molar-refractivity contribution in [2.24, 2.45) is 10.8 Å².